The maximum absolute atomic E-state index is 11.7. The van der Waals surface area contributed by atoms with Gasteiger partial charge < -0.3 is 16.0 Å². The van der Waals surface area contributed by atoms with Crippen molar-refractivity contribution in [3.8, 4) is 0 Å². The van der Waals surface area contributed by atoms with Gasteiger partial charge in [0, 0.05) is 24.5 Å². The maximum Gasteiger partial charge on any atom is 0.251 e. The highest BCUT2D eigenvalue weighted by Gasteiger charge is 2.11. The van der Waals surface area contributed by atoms with Crippen LogP contribution in [0.1, 0.15) is 15.2 Å². The number of hydrogen-bond donors (Lipinski definition) is 2. The molecule has 1 heterocycles. The fraction of sp³-hybridized carbons (Fsp3) is 0.214. The lowest BCUT2D eigenvalue weighted by Crippen LogP contribution is -2.21. The smallest absolute Gasteiger partial charge is 0.251 e. The molecule has 0 atom stereocenters. The van der Waals surface area contributed by atoms with Gasteiger partial charge in [-0.25, -0.2) is 0 Å². The Morgan fingerprint density at radius 2 is 2.15 bits per heavy atom. The summed E-state index contributed by atoms with van der Waals surface area (Å²) in [5, 5.41) is 2.61. The molecule has 0 aliphatic carbocycles. The minimum absolute atomic E-state index is 0.126. The Balaban J connectivity index is 2.24. The molecule has 0 aliphatic rings. The van der Waals surface area contributed by atoms with Crippen LogP contribution in [0.25, 0.3) is 0 Å². The number of rotatable bonds is 4. The van der Waals surface area contributed by atoms with E-state index in [1.165, 1.54) is 11.3 Å². The zero-order valence-corrected chi connectivity index (χ0v) is 12.9. The van der Waals surface area contributed by atoms with Crippen LogP contribution < -0.4 is 16.0 Å². The van der Waals surface area contributed by atoms with Crippen molar-refractivity contribution in [3.63, 3.8) is 0 Å². The first-order valence-corrected chi connectivity index (χ1v) is 7.27. The summed E-state index contributed by atoms with van der Waals surface area (Å²) in [6.07, 6.45) is 0. The van der Waals surface area contributed by atoms with Crippen LogP contribution in [-0.2, 0) is 6.54 Å². The Kier molecular flexibility index (Phi) is 4.52. The molecule has 1 aromatic carbocycles. The quantitative estimate of drug-likeness (QED) is 0.854. The van der Waals surface area contributed by atoms with Crippen molar-refractivity contribution in [1.29, 1.82) is 0 Å². The van der Waals surface area contributed by atoms with Gasteiger partial charge >= 0.3 is 0 Å². The summed E-state index contributed by atoms with van der Waals surface area (Å²) < 4.78 is 0.764. The molecule has 0 radical (unpaired) electrons. The highest BCUT2D eigenvalue weighted by Crippen LogP contribution is 2.28. The van der Waals surface area contributed by atoms with Gasteiger partial charge in [-0.1, -0.05) is 11.6 Å². The summed E-state index contributed by atoms with van der Waals surface area (Å²) >= 11 is 7.46. The lowest BCUT2D eigenvalue weighted by atomic mass is 10.1. The van der Waals surface area contributed by atoms with Crippen LogP contribution in [0.3, 0.4) is 0 Å². The third-order valence-electron chi connectivity index (χ3n) is 2.95. The van der Waals surface area contributed by atoms with Gasteiger partial charge in [0.2, 0.25) is 0 Å². The molecule has 6 heteroatoms. The number of nitrogen functional groups attached to an aromatic ring is 1. The molecule has 0 saturated carbocycles. The summed E-state index contributed by atoms with van der Waals surface area (Å²) in [6, 6.07) is 9.12. The summed E-state index contributed by atoms with van der Waals surface area (Å²) in [4.78, 5) is 14.8. The van der Waals surface area contributed by atoms with E-state index in [0.717, 1.165) is 14.9 Å². The third kappa shape index (κ3) is 3.23. The van der Waals surface area contributed by atoms with Crippen molar-refractivity contribution in [2.75, 3.05) is 24.7 Å². The first-order valence-electron chi connectivity index (χ1n) is 6.08. The number of carbonyl (C=O) groups excluding carboxylic acids is 1. The van der Waals surface area contributed by atoms with Crippen LogP contribution in [0.5, 0.6) is 0 Å². The predicted octanol–water partition coefficient (Wildman–Crippen LogP) is 2.98. The summed E-state index contributed by atoms with van der Waals surface area (Å²) in [7, 11) is 3.54. The number of thiophene rings is 1. The number of nitrogens with one attached hydrogen (secondary N) is 1. The number of halogens is 1. The molecule has 2 aromatic rings. The Morgan fingerprint density at radius 3 is 2.75 bits per heavy atom. The lowest BCUT2D eigenvalue weighted by Gasteiger charge is -2.21. The van der Waals surface area contributed by atoms with Gasteiger partial charge in [0.15, 0.2) is 0 Å². The molecule has 0 fully saturated rings. The Morgan fingerprint density at radius 1 is 1.40 bits per heavy atom. The molecule has 0 aliphatic heterocycles. The first-order chi connectivity index (χ1) is 9.51. The number of amides is 1. The van der Waals surface area contributed by atoms with Crippen molar-refractivity contribution in [2.45, 2.75) is 6.54 Å². The Labute approximate surface area is 127 Å². The zero-order chi connectivity index (χ0) is 14.7. The van der Waals surface area contributed by atoms with E-state index in [0.29, 0.717) is 17.8 Å². The van der Waals surface area contributed by atoms with Crippen molar-refractivity contribution in [2.24, 2.45) is 0 Å². The van der Waals surface area contributed by atoms with Gasteiger partial charge in [-0.2, -0.15) is 0 Å². The van der Waals surface area contributed by atoms with Gasteiger partial charge in [0.25, 0.3) is 5.91 Å². The number of nitrogens with two attached hydrogens (primary N) is 1. The molecule has 1 aromatic heterocycles. The second-order valence-electron chi connectivity index (χ2n) is 4.41. The van der Waals surface area contributed by atoms with E-state index in [1.54, 1.807) is 25.2 Å². The van der Waals surface area contributed by atoms with E-state index in [-0.39, 0.29) is 5.91 Å². The number of benzene rings is 1. The Hall–Kier alpha value is -1.72. The van der Waals surface area contributed by atoms with Crippen LogP contribution in [0.2, 0.25) is 4.34 Å². The van der Waals surface area contributed by atoms with E-state index in [2.05, 4.69) is 5.32 Å². The summed E-state index contributed by atoms with van der Waals surface area (Å²) in [6.45, 7) is 0.693. The second kappa shape index (κ2) is 6.15. The molecule has 3 N–H and O–H groups in total. The molecule has 0 saturated heterocycles. The highest BCUT2D eigenvalue weighted by atomic mass is 35.5. The maximum atomic E-state index is 11.7. The largest absolute Gasteiger partial charge is 0.397 e. The van der Waals surface area contributed by atoms with E-state index in [1.807, 2.05) is 24.1 Å². The van der Waals surface area contributed by atoms with Crippen molar-refractivity contribution < 1.29 is 4.79 Å². The number of carbonyl (C=O) groups is 1. The fourth-order valence-corrected chi connectivity index (χ4v) is 3.06. The molecule has 0 unspecified atom stereocenters. The van der Waals surface area contributed by atoms with E-state index in [9.17, 15) is 4.79 Å². The van der Waals surface area contributed by atoms with E-state index in [4.69, 9.17) is 17.3 Å². The van der Waals surface area contributed by atoms with Gasteiger partial charge in [-0.3, -0.25) is 4.79 Å². The van der Waals surface area contributed by atoms with Gasteiger partial charge in [0.1, 0.15) is 0 Å². The molecular formula is C14H16ClN3OS. The van der Waals surface area contributed by atoms with Gasteiger partial charge in [0.05, 0.1) is 22.3 Å². The van der Waals surface area contributed by atoms with Gasteiger partial charge in [-0.15, -0.1) is 11.3 Å². The molecule has 2 rings (SSSR count). The number of nitrogens with zero attached hydrogens (tertiary/aromatic N) is 1. The molecule has 0 spiro atoms. The van der Waals surface area contributed by atoms with E-state index >= 15 is 0 Å². The summed E-state index contributed by atoms with van der Waals surface area (Å²) in [5.74, 6) is -0.126. The molecule has 1 amide bonds. The topological polar surface area (TPSA) is 58.4 Å². The Bertz CT molecular complexity index is 627. The van der Waals surface area contributed by atoms with Crippen LogP contribution in [0.15, 0.2) is 30.3 Å². The van der Waals surface area contributed by atoms with Crippen LogP contribution in [0.4, 0.5) is 11.4 Å². The van der Waals surface area contributed by atoms with Crippen LogP contribution in [-0.4, -0.2) is 20.0 Å². The molecular weight excluding hydrogens is 294 g/mol. The van der Waals surface area contributed by atoms with Gasteiger partial charge in [-0.05, 0) is 30.3 Å². The second-order valence-corrected chi connectivity index (χ2v) is 6.21. The number of hydrogen-bond acceptors (Lipinski definition) is 4. The average Bonchev–Trinajstić information content (AvgIpc) is 2.83. The summed E-state index contributed by atoms with van der Waals surface area (Å²) in [5.41, 5.74) is 8.06. The molecule has 106 valence electrons. The standard InChI is InChI=1S/C14H16ClN3OS/c1-17-14(19)9-3-5-11(16)12(7-9)18(2)8-10-4-6-13(15)20-10/h3-7H,8,16H2,1-2H3,(H,17,19). The monoisotopic (exact) mass is 309 g/mol. The highest BCUT2D eigenvalue weighted by molar-refractivity contribution is 7.16. The predicted molar refractivity (Wildman–Crippen MR) is 85.7 cm³/mol. The minimum Gasteiger partial charge on any atom is -0.397 e. The molecule has 20 heavy (non-hydrogen) atoms. The zero-order valence-electron chi connectivity index (χ0n) is 11.3. The average molecular weight is 310 g/mol. The number of anilines is 2. The van der Waals surface area contributed by atoms with Crippen molar-refractivity contribution >= 4 is 40.2 Å². The SMILES string of the molecule is CNC(=O)c1ccc(N)c(N(C)Cc2ccc(Cl)s2)c1. The van der Waals surface area contributed by atoms with Crippen molar-refractivity contribution in [3.05, 3.63) is 45.1 Å². The molecule has 4 nitrogen and oxygen atoms in total. The lowest BCUT2D eigenvalue weighted by molar-refractivity contribution is 0.0963. The van der Waals surface area contributed by atoms with Crippen LogP contribution in [0, 0.1) is 0 Å². The normalized spacial score (nSPS) is 10.3. The molecule has 0 bridgehead atoms. The first kappa shape index (κ1) is 14.7. The van der Waals surface area contributed by atoms with Crippen molar-refractivity contribution in [1.82, 2.24) is 5.32 Å². The minimum atomic E-state index is -0.126. The third-order valence-corrected chi connectivity index (χ3v) is 4.17. The fourth-order valence-electron chi connectivity index (χ4n) is 1.92. The van der Waals surface area contributed by atoms with Crippen LogP contribution >= 0.6 is 22.9 Å². The van der Waals surface area contributed by atoms with E-state index < -0.39 is 0 Å².